The van der Waals surface area contributed by atoms with E-state index < -0.39 is 0 Å². The van der Waals surface area contributed by atoms with Crippen LogP contribution in [-0.4, -0.2) is 36.1 Å². The van der Waals surface area contributed by atoms with E-state index in [0.717, 1.165) is 42.5 Å². The van der Waals surface area contributed by atoms with Gasteiger partial charge in [0.1, 0.15) is 10.7 Å². The Balaban J connectivity index is 1.43. The number of benzene rings is 2. The Bertz CT molecular complexity index is 1010. The standard InChI is InChI=1S/C22H20Cl2N2OS/c1-15-3-2-4-17(13-15)25-9-11-26(12-10-25)22(28)21-8-7-20(27-21)16-5-6-18(23)19(24)14-16/h2-8,13-14H,9-12H2,1H3. The van der Waals surface area contributed by atoms with Crippen LogP contribution in [0, 0.1) is 6.92 Å². The Hall–Kier alpha value is -2.01. The predicted octanol–water partition coefficient (Wildman–Crippen LogP) is 6.06. The summed E-state index contributed by atoms with van der Waals surface area (Å²) in [5.41, 5.74) is 3.43. The quantitative estimate of drug-likeness (QED) is 0.470. The summed E-state index contributed by atoms with van der Waals surface area (Å²) in [6.45, 7) is 5.73. The topological polar surface area (TPSA) is 19.6 Å². The fourth-order valence-corrected chi connectivity index (χ4v) is 4.00. The molecule has 3 aromatic rings. The maximum absolute atomic E-state index is 6.12. The van der Waals surface area contributed by atoms with Crippen molar-refractivity contribution in [2.45, 2.75) is 6.92 Å². The average molecular weight is 431 g/mol. The highest BCUT2D eigenvalue weighted by atomic mass is 35.5. The molecule has 1 aromatic heterocycles. The first-order chi connectivity index (χ1) is 13.5. The summed E-state index contributed by atoms with van der Waals surface area (Å²) in [7, 11) is 0. The number of hydrogen-bond acceptors (Lipinski definition) is 3. The summed E-state index contributed by atoms with van der Waals surface area (Å²) >= 11 is 17.8. The molecule has 1 aliphatic heterocycles. The van der Waals surface area contributed by atoms with Crippen molar-refractivity contribution in [1.29, 1.82) is 0 Å². The zero-order valence-corrected chi connectivity index (χ0v) is 17.8. The molecule has 1 fully saturated rings. The average Bonchev–Trinajstić information content (AvgIpc) is 3.20. The van der Waals surface area contributed by atoms with E-state index in [1.165, 1.54) is 11.3 Å². The van der Waals surface area contributed by atoms with Gasteiger partial charge in [-0.2, -0.15) is 0 Å². The largest absolute Gasteiger partial charge is 0.454 e. The van der Waals surface area contributed by atoms with Crippen LogP contribution < -0.4 is 4.90 Å². The second-order valence-corrected chi connectivity index (χ2v) is 8.11. The number of aryl methyl sites for hydroxylation is 1. The fourth-order valence-electron chi connectivity index (χ4n) is 3.41. The summed E-state index contributed by atoms with van der Waals surface area (Å²) in [5.74, 6) is 1.44. The molecule has 1 saturated heterocycles. The van der Waals surface area contributed by atoms with E-state index in [9.17, 15) is 0 Å². The molecule has 0 atom stereocenters. The number of furan rings is 1. The van der Waals surface area contributed by atoms with Gasteiger partial charge in [-0.3, -0.25) is 0 Å². The van der Waals surface area contributed by atoms with E-state index in [1.54, 1.807) is 12.1 Å². The van der Waals surface area contributed by atoms with Crippen molar-refractivity contribution in [2.24, 2.45) is 0 Å². The monoisotopic (exact) mass is 430 g/mol. The van der Waals surface area contributed by atoms with Crippen LogP contribution in [0.5, 0.6) is 0 Å². The van der Waals surface area contributed by atoms with E-state index >= 15 is 0 Å². The molecule has 3 nitrogen and oxygen atoms in total. The van der Waals surface area contributed by atoms with Gasteiger partial charge < -0.3 is 14.2 Å². The van der Waals surface area contributed by atoms with Gasteiger partial charge in [-0.05, 0) is 55.0 Å². The molecule has 0 N–H and O–H groups in total. The van der Waals surface area contributed by atoms with Crippen LogP contribution in [-0.2, 0) is 0 Å². The van der Waals surface area contributed by atoms with Gasteiger partial charge in [0.15, 0.2) is 5.76 Å². The molecule has 144 valence electrons. The van der Waals surface area contributed by atoms with Crippen LogP contribution in [0.15, 0.2) is 59.0 Å². The molecule has 1 aliphatic rings. The van der Waals surface area contributed by atoms with Gasteiger partial charge in [0.05, 0.1) is 10.0 Å². The van der Waals surface area contributed by atoms with E-state index in [0.29, 0.717) is 15.8 Å². The molecule has 2 heterocycles. The highest BCUT2D eigenvalue weighted by Gasteiger charge is 2.22. The van der Waals surface area contributed by atoms with Gasteiger partial charge in [0, 0.05) is 37.4 Å². The summed E-state index contributed by atoms with van der Waals surface area (Å²) in [5, 5.41) is 1.03. The van der Waals surface area contributed by atoms with E-state index in [1.807, 2.05) is 18.2 Å². The first kappa shape index (κ1) is 19.3. The van der Waals surface area contributed by atoms with Crippen LogP contribution >= 0.6 is 35.4 Å². The lowest BCUT2D eigenvalue weighted by Gasteiger charge is -2.37. The number of hydrogen-bond donors (Lipinski definition) is 0. The van der Waals surface area contributed by atoms with E-state index in [4.69, 9.17) is 39.8 Å². The molecule has 2 aromatic carbocycles. The van der Waals surface area contributed by atoms with Crippen LogP contribution in [0.2, 0.25) is 10.0 Å². The summed E-state index contributed by atoms with van der Waals surface area (Å²) in [6, 6.07) is 17.9. The number of halogens is 2. The maximum Gasteiger partial charge on any atom is 0.162 e. The third-order valence-corrected chi connectivity index (χ3v) is 6.15. The minimum absolute atomic E-state index is 0.506. The smallest absolute Gasteiger partial charge is 0.162 e. The number of piperazine rings is 1. The summed E-state index contributed by atoms with van der Waals surface area (Å²) < 4.78 is 6.01. The Kier molecular flexibility index (Phi) is 5.63. The Morgan fingerprint density at radius 2 is 1.71 bits per heavy atom. The lowest BCUT2D eigenvalue weighted by molar-refractivity contribution is 0.385. The molecular formula is C22H20Cl2N2OS. The van der Waals surface area contributed by atoms with Gasteiger partial charge in [0.2, 0.25) is 0 Å². The fraction of sp³-hybridized carbons (Fsp3) is 0.227. The molecule has 0 spiro atoms. The zero-order valence-electron chi connectivity index (χ0n) is 15.5. The minimum Gasteiger partial charge on any atom is -0.454 e. The van der Waals surface area contributed by atoms with Crippen molar-refractivity contribution in [1.82, 2.24) is 4.90 Å². The van der Waals surface area contributed by atoms with Crippen LogP contribution in [0.25, 0.3) is 11.3 Å². The van der Waals surface area contributed by atoms with Gasteiger partial charge >= 0.3 is 0 Å². The number of thiocarbonyl (C=S) groups is 1. The van der Waals surface area contributed by atoms with Gasteiger partial charge in [0.25, 0.3) is 0 Å². The van der Waals surface area contributed by atoms with Crippen LogP contribution in [0.1, 0.15) is 11.3 Å². The normalized spacial score (nSPS) is 14.4. The third kappa shape index (κ3) is 4.04. The van der Waals surface area contributed by atoms with Crippen molar-refractivity contribution >= 4 is 46.1 Å². The Morgan fingerprint density at radius 1 is 0.929 bits per heavy atom. The van der Waals surface area contributed by atoms with Crippen molar-refractivity contribution in [3.63, 3.8) is 0 Å². The maximum atomic E-state index is 6.12. The lowest BCUT2D eigenvalue weighted by atomic mass is 10.2. The van der Waals surface area contributed by atoms with Gasteiger partial charge in [-0.15, -0.1) is 0 Å². The van der Waals surface area contributed by atoms with Gasteiger partial charge in [-0.1, -0.05) is 47.6 Å². The van der Waals surface area contributed by atoms with E-state index in [2.05, 4.69) is 41.0 Å². The molecule has 0 radical (unpaired) electrons. The first-order valence-corrected chi connectivity index (χ1v) is 10.3. The van der Waals surface area contributed by atoms with E-state index in [-0.39, 0.29) is 0 Å². The molecule has 4 rings (SSSR count). The lowest BCUT2D eigenvalue weighted by Crippen LogP contribution is -2.48. The molecule has 0 bridgehead atoms. The van der Waals surface area contributed by atoms with Crippen LogP contribution in [0.3, 0.4) is 0 Å². The van der Waals surface area contributed by atoms with Crippen molar-refractivity contribution in [3.8, 4) is 11.3 Å². The number of rotatable bonds is 3. The number of anilines is 1. The van der Waals surface area contributed by atoms with Crippen molar-refractivity contribution in [3.05, 3.63) is 76.0 Å². The van der Waals surface area contributed by atoms with Crippen LogP contribution in [0.4, 0.5) is 5.69 Å². The molecular weight excluding hydrogens is 411 g/mol. The predicted molar refractivity (Wildman–Crippen MR) is 121 cm³/mol. The zero-order chi connectivity index (χ0) is 19.7. The molecule has 0 saturated carbocycles. The second-order valence-electron chi connectivity index (χ2n) is 6.91. The third-order valence-electron chi connectivity index (χ3n) is 4.95. The molecule has 28 heavy (non-hydrogen) atoms. The highest BCUT2D eigenvalue weighted by molar-refractivity contribution is 7.80. The number of nitrogens with zero attached hydrogens (tertiary/aromatic N) is 2. The molecule has 0 aliphatic carbocycles. The Labute approximate surface area is 180 Å². The summed E-state index contributed by atoms with van der Waals surface area (Å²) in [4.78, 5) is 5.35. The Morgan fingerprint density at radius 3 is 2.43 bits per heavy atom. The minimum atomic E-state index is 0.506. The van der Waals surface area contributed by atoms with Gasteiger partial charge in [-0.25, -0.2) is 0 Å². The molecule has 0 amide bonds. The van der Waals surface area contributed by atoms with Crippen molar-refractivity contribution < 1.29 is 4.42 Å². The molecule has 0 unspecified atom stereocenters. The first-order valence-electron chi connectivity index (χ1n) is 9.17. The SMILES string of the molecule is Cc1cccc(N2CCN(C(=S)c3ccc(-c4ccc(Cl)c(Cl)c4)o3)CC2)c1. The summed E-state index contributed by atoms with van der Waals surface area (Å²) in [6.07, 6.45) is 0. The second kappa shape index (κ2) is 8.16. The molecule has 6 heteroatoms. The van der Waals surface area contributed by atoms with Crippen molar-refractivity contribution in [2.75, 3.05) is 31.1 Å². The highest BCUT2D eigenvalue weighted by Crippen LogP contribution is 2.30.